The molecule has 1 aromatic carbocycles. The number of hydrogen-bond donors (Lipinski definition) is 1. The average molecular weight is 244 g/mol. The lowest BCUT2D eigenvalue weighted by Gasteiger charge is -2.18. The van der Waals surface area contributed by atoms with Crippen molar-refractivity contribution in [1.82, 2.24) is 5.32 Å². The van der Waals surface area contributed by atoms with Gasteiger partial charge in [-0.15, -0.1) is 12.4 Å². The van der Waals surface area contributed by atoms with Crippen LogP contribution in [0.4, 0.5) is 0 Å². The number of nitrogens with one attached hydrogen (secondary N) is 1. The van der Waals surface area contributed by atoms with E-state index in [1.807, 2.05) is 12.1 Å². The van der Waals surface area contributed by atoms with Crippen LogP contribution < -0.4 is 10.1 Å². The maximum Gasteiger partial charge on any atom is 0.122 e. The predicted molar refractivity (Wildman–Crippen MR) is 71.7 cm³/mol. The van der Waals surface area contributed by atoms with Crippen LogP contribution in [0.25, 0.3) is 0 Å². The first kappa shape index (κ1) is 15.3. The van der Waals surface area contributed by atoms with E-state index in [4.69, 9.17) is 4.74 Å². The summed E-state index contributed by atoms with van der Waals surface area (Å²) in [7, 11) is 1.72. The van der Waals surface area contributed by atoms with Gasteiger partial charge < -0.3 is 10.1 Å². The molecular formula is C13H22ClNO. The third kappa shape index (κ3) is 4.86. The minimum Gasteiger partial charge on any atom is -0.496 e. The Labute approximate surface area is 105 Å². The molecule has 1 N–H and O–H groups in total. The third-order valence-corrected chi connectivity index (χ3v) is 2.34. The Morgan fingerprint density at radius 2 is 1.81 bits per heavy atom. The van der Waals surface area contributed by atoms with Crippen molar-refractivity contribution in [3.05, 3.63) is 29.8 Å². The molecule has 0 aliphatic carbocycles. The minimum atomic E-state index is 0. The fourth-order valence-electron chi connectivity index (χ4n) is 1.83. The van der Waals surface area contributed by atoms with E-state index in [1.54, 1.807) is 7.11 Å². The van der Waals surface area contributed by atoms with Crippen molar-refractivity contribution in [2.45, 2.75) is 39.3 Å². The van der Waals surface area contributed by atoms with E-state index in [9.17, 15) is 0 Å². The van der Waals surface area contributed by atoms with E-state index in [-0.39, 0.29) is 12.4 Å². The van der Waals surface area contributed by atoms with Crippen LogP contribution in [0.2, 0.25) is 0 Å². The molecule has 0 spiro atoms. The summed E-state index contributed by atoms with van der Waals surface area (Å²) in [4.78, 5) is 0. The summed E-state index contributed by atoms with van der Waals surface area (Å²) in [6.07, 6.45) is 1.00. The number of para-hydroxylation sites is 1. The highest BCUT2D eigenvalue weighted by atomic mass is 35.5. The number of hydrogen-bond acceptors (Lipinski definition) is 2. The molecule has 0 aliphatic heterocycles. The SMILES string of the molecule is COc1ccccc1CC(C)NC(C)C.Cl. The van der Waals surface area contributed by atoms with Crippen molar-refractivity contribution in [3.8, 4) is 5.75 Å². The molecule has 92 valence electrons. The molecule has 1 rings (SSSR count). The number of methoxy groups -OCH3 is 1. The fourth-order valence-corrected chi connectivity index (χ4v) is 1.83. The van der Waals surface area contributed by atoms with Gasteiger partial charge in [-0.05, 0) is 25.0 Å². The first-order valence-corrected chi connectivity index (χ1v) is 5.51. The highest BCUT2D eigenvalue weighted by molar-refractivity contribution is 5.85. The van der Waals surface area contributed by atoms with Crippen LogP contribution in [0.3, 0.4) is 0 Å². The molecular weight excluding hydrogens is 222 g/mol. The Hall–Kier alpha value is -0.730. The molecule has 1 atom stereocenters. The number of halogens is 1. The quantitative estimate of drug-likeness (QED) is 0.859. The molecule has 0 radical (unpaired) electrons. The Kier molecular flexibility index (Phi) is 7.18. The van der Waals surface area contributed by atoms with Gasteiger partial charge in [0.15, 0.2) is 0 Å². The third-order valence-electron chi connectivity index (χ3n) is 2.34. The minimum absolute atomic E-state index is 0. The van der Waals surface area contributed by atoms with Crippen molar-refractivity contribution < 1.29 is 4.74 Å². The second kappa shape index (κ2) is 7.53. The van der Waals surface area contributed by atoms with Gasteiger partial charge in [0.25, 0.3) is 0 Å². The van der Waals surface area contributed by atoms with Gasteiger partial charge in [-0.3, -0.25) is 0 Å². The van der Waals surface area contributed by atoms with Gasteiger partial charge >= 0.3 is 0 Å². The Bertz CT molecular complexity index is 302. The molecule has 0 fully saturated rings. The monoisotopic (exact) mass is 243 g/mol. The zero-order valence-electron chi connectivity index (χ0n) is 10.5. The summed E-state index contributed by atoms with van der Waals surface area (Å²) in [6, 6.07) is 9.19. The van der Waals surface area contributed by atoms with E-state index < -0.39 is 0 Å². The van der Waals surface area contributed by atoms with Crippen LogP contribution in [0.5, 0.6) is 5.75 Å². The Balaban J connectivity index is 0.00000225. The first-order valence-electron chi connectivity index (χ1n) is 5.51. The summed E-state index contributed by atoms with van der Waals surface area (Å²) in [5.41, 5.74) is 1.26. The van der Waals surface area contributed by atoms with Crippen LogP contribution in [0, 0.1) is 0 Å². The molecule has 0 heterocycles. The fraction of sp³-hybridized carbons (Fsp3) is 0.538. The van der Waals surface area contributed by atoms with Crippen molar-refractivity contribution in [3.63, 3.8) is 0 Å². The van der Waals surface area contributed by atoms with Gasteiger partial charge in [-0.25, -0.2) is 0 Å². The van der Waals surface area contributed by atoms with E-state index in [0.29, 0.717) is 12.1 Å². The van der Waals surface area contributed by atoms with Crippen molar-refractivity contribution in [2.75, 3.05) is 7.11 Å². The van der Waals surface area contributed by atoms with Gasteiger partial charge in [0.05, 0.1) is 7.11 Å². The Morgan fingerprint density at radius 3 is 2.38 bits per heavy atom. The van der Waals surface area contributed by atoms with Crippen LogP contribution in [-0.2, 0) is 6.42 Å². The summed E-state index contributed by atoms with van der Waals surface area (Å²) in [5.74, 6) is 0.981. The summed E-state index contributed by atoms with van der Waals surface area (Å²) in [6.45, 7) is 6.53. The molecule has 1 aromatic rings. The number of ether oxygens (including phenoxy) is 1. The van der Waals surface area contributed by atoms with Gasteiger partial charge in [0.2, 0.25) is 0 Å². The molecule has 0 saturated carbocycles. The molecule has 1 unspecified atom stereocenters. The highest BCUT2D eigenvalue weighted by Crippen LogP contribution is 2.18. The van der Waals surface area contributed by atoms with E-state index in [2.05, 4.69) is 38.2 Å². The molecule has 0 bridgehead atoms. The standard InChI is InChI=1S/C13H21NO.ClH/c1-10(2)14-11(3)9-12-7-5-6-8-13(12)15-4;/h5-8,10-11,14H,9H2,1-4H3;1H. The molecule has 0 aliphatic rings. The van der Waals surface area contributed by atoms with E-state index in [0.717, 1.165) is 12.2 Å². The lowest BCUT2D eigenvalue weighted by atomic mass is 10.1. The topological polar surface area (TPSA) is 21.3 Å². The second-order valence-electron chi connectivity index (χ2n) is 4.24. The maximum atomic E-state index is 5.32. The maximum absolute atomic E-state index is 5.32. The van der Waals surface area contributed by atoms with Gasteiger partial charge in [0, 0.05) is 12.1 Å². The molecule has 16 heavy (non-hydrogen) atoms. The molecule has 0 aromatic heterocycles. The zero-order chi connectivity index (χ0) is 11.3. The molecule has 0 amide bonds. The van der Waals surface area contributed by atoms with Crippen LogP contribution >= 0.6 is 12.4 Å². The summed E-state index contributed by atoms with van der Waals surface area (Å²) in [5, 5.41) is 3.49. The van der Waals surface area contributed by atoms with Crippen molar-refractivity contribution in [2.24, 2.45) is 0 Å². The zero-order valence-corrected chi connectivity index (χ0v) is 11.3. The average Bonchev–Trinajstić information content (AvgIpc) is 2.17. The van der Waals surface area contributed by atoms with Gasteiger partial charge in [-0.2, -0.15) is 0 Å². The van der Waals surface area contributed by atoms with Crippen LogP contribution in [0.1, 0.15) is 26.3 Å². The molecule has 0 saturated heterocycles. The summed E-state index contributed by atoms with van der Waals surface area (Å²) >= 11 is 0. The smallest absolute Gasteiger partial charge is 0.122 e. The lowest BCUT2D eigenvalue weighted by Crippen LogP contribution is -2.33. The van der Waals surface area contributed by atoms with E-state index in [1.165, 1.54) is 5.56 Å². The van der Waals surface area contributed by atoms with Crippen LogP contribution in [0.15, 0.2) is 24.3 Å². The molecule has 2 nitrogen and oxygen atoms in total. The van der Waals surface area contributed by atoms with Crippen LogP contribution in [-0.4, -0.2) is 19.2 Å². The van der Waals surface area contributed by atoms with E-state index >= 15 is 0 Å². The van der Waals surface area contributed by atoms with Crippen molar-refractivity contribution >= 4 is 12.4 Å². The predicted octanol–water partition coefficient (Wildman–Crippen LogP) is 3.05. The normalized spacial score (nSPS) is 12.1. The number of benzene rings is 1. The number of rotatable bonds is 5. The second-order valence-corrected chi connectivity index (χ2v) is 4.24. The first-order chi connectivity index (χ1) is 7.13. The van der Waals surface area contributed by atoms with Crippen molar-refractivity contribution in [1.29, 1.82) is 0 Å². The summed E-state index contributed by atoms with van der Waals surface area (Å²) < 4.78 is 5.32. The Morgan fingerprint density at radius 1 is 1.19 bits per heavy atom. The highest BCUT2D eigenvalue weighted by Gasteiger charge is 2.08. The van der Waals surface area contributed by atoms with Gasteiger partial charge in [-0.1, -0.05) is 32.0 Å². The molecule has 3 heteroatoms. The lowest BCUT2D eigenvalue weighted by molar-refractivity contribution is 0.404. The van der Waals surface area contributed by atoms with Gasteiger partial charge in [0.1, 0.15) is 5.75 Å². The largest absolute Gasteiger partial charge is 0.496 e.